The molecule has 1 fully saturated rings. The second kappa shape index (κ2) is 13.6. The predicted molar refractivity (Wildman–Crippen MR) is 161 cm³/mol. The van der Waals surface area contributed by atoms with Crippen molar-refractivity contribution >= 4 is 41.7 Å². The first-order valence-electron chi connectivity index (χ1n) is 13.2. The van der Waals surface area contributed by atoms with Crippen LogP contribution in [0, 0.1) is 4.64 Å². The second-order valence-electron chi connectivity index (χ2n) is 9.57. The van der Waals surface area contributed by atoms with Gasteiger partial charge >= 0.3 is 23.6 Å². The highest BCUT2D eigenvalue weighted by Gasteiger charge is 2.61. The van der Waals surface area contributed by atoms with Gasteiger partial charge in [-0.2, -0.15) is 0 Å². The fraction of sp³-hybridized carbons (Fsp3) is 0.167. The molecular weight excluding hydrogens is 626 g/mol. The van der Waals surface area contributed by atoms with E-state index in [1.54, 1.807) is 42.5 Å². The minimum Gasteiger partial charge on any atom is -0.459 e. The van der Waals surface area contributed by atoms with Gasteiger partial charge < -0.3 is 18.9 Å². The first-order valence-corrected chi connectivity index (χ1v) is 14.0. The molecule has 1 aromatic heterocycles. The van der Waals surface area contributed by atoms with Crippen LogP contribution in [0.15, 0.2) is 107 Å². The Morgan fingerprint density at radius 2 is 1.56 bits per heavy atom. The van der Waals surface area contributed by atoms with Gasteiger partial charge in [0.25, 0.3) is 0 Å². The van der Waals surface area contributed by atoms with Crippen molar-refractivity contribution in [1.82, 2.24) is 9.55 Å². The Bertz CT molecular complexity index is 1900. The van der Waals surface area contributed by atoms with Crippen molar-refractivity contribution in [2.24, 2.45) is 5.11 Å². The van der Waals surface area contributed by atoms with Gasteiger partial charge in [0, 0.05) is 16.1 Å². The van der Waals surface area contributed by atoms with Gasteiger partial charge in [-0.25, -0.2) is 19.2 Å². The summed E-state index contributed by atoms with van der Waals surface area (Å²) in [5.74, 6) is -2.67. The van der Waals surface area contributed by atoms with E-state index in [0.717, 1.165) is 4.57 Å². The van der Waals surface area contributed by atoms with E-state index < -0.39 is 54.4 Å². The number of hydrogen-bond donors (Lipinski definition) is 1. The number of nitrogens with one attached hydrogen (secondary N) is 1. The van der Waals surface area contributed by atoms with Gasteiger partial charge in [-0.15, -0.1) is 0 Å². The summed E-state index contributed by atoms with van der Waals surface area (Å²) >= 11 is 11.1. The van der Waals surface area contributed by atoms with Crippen molar-refractivity contribution in [2.45, 2.75) is 24.2 Å². The maximum atomic E-state index is 13.4. The third kappa shape index (κ3) is 6.95. The highest BCUT2D eigenvalue weighted by molar-refractivity contribution is 7.71. The molecule has 0 bridgehead atoms. The summed E-state index contributed by atoms with van der Waals surface area (Å²) in [6.07, 6.45) is -3.68. The summed E-state index contributed by atoms with van der Waals surface area (Å²) in [5.41, 5.74) is 6.81. The van der Waals surface area contributed by atoms with Crippen LogP contribution in [-0.4, -0.2) is 52.0 Å². The maximum Gasteiger partial charge on any atom is 0.338 e. The summed E-state index contributed by atoms with van der Waals surface area (Å²) in [6, 6.07) is 22.9. The molecule has 3 aromatic carbocycles. The van der Waals surface area contributed by atoms with Crippen molar-refractivity contribution in [3.63, 3.8) is 0 Å². The third-order valence-corrected chi connectivity index (χ3v) is 7.13. The molecule has 0 spiro atoms. The molecule has 4 atom stereocenters. The Morgan fingerprint density at radius 1 is 0.933 bits per heavy atom. The molecule has 15 heteroatoms. The van der Waals surface area contributed by atoms with Crippen LogP contribution < -0.4 is 5.69 Å². The lowest BCUT2D eigenvalue weighted by atomic mass is 10.0. The van der Waals surface area contributed by atoms with E-state index in [1.165, 1.54) is 54.7 Å². The molecule has 0 saturated carbocycles. The fourth-order valence-electron chi connectivity index (χ4n) is 4.56. The number of carbonyl (C=O) groups is 3. The van der Waals surface area contributed by atoms with Gasteiger partial charge in [0.1, 0.15) is 11.2 Å². The number of azide groups is 1. The smallest absolute Gasteiger partial charge is 0.338 e. The van der Waals surface area contributed by atoms with Gasteiger partial charge in [0.15, 0.2) is 18.4 Å². The zero-order valence-corrected chi connectivity index (χ0v) is 24.6. The van der Waals surface area contributed by atoms with Gasteiger partial charge in [0.05, 0.1) is 16.7 Å². The normalized spacial score (nSPS) is 20.4. The van der Waals surface area contributed by atoms with Crippen LogP contribution in [0.3, 0.4) is 0 Å². The number of halogens is 1. The van der Waals surface area contributed by atoms with E-state index in [-0.39, 0.29) is 26.4 Å². The van der Waals surface area contributed by atoms with Gasteiger partial charge in [-0.1, -0.05) is 71.4 Å². The lowest BCUT2D eigenvalue weighted by molar-refractivity contribution is -0.129. The highest BCUT2D eigenvalue weighted by atomic mass is 35.5. The Kier molecular flexibility index (Phi) is 9.40. The van der Waals surface area contributed by atoms with Crippen LogP contribution in [0.1, 0.15) is 37.3 Å². The number of aromatic nitrogens is 2. The van der Waals surface area contributed by atoms with Crippen molar-refractivity contribution in [2.75, 3.05) is 6.61 Å². The van der Waals surface area contributed by atoms with Crippen LogP contribution >= 0.6 is 23.8 Å². The molecule has 1 unspecified atom stereocenters. The molecule has 1 aliphatic rings. The summed E-state index contributed by atoms with van der Waals surface area (Å²) in [5, 5.41) is 4.02. The first-order chi connectivity index (χ1) is 21.7. The molecule has 45 heavy (non-hydrogen) atoms. The minimum absolute atomic E-state index is 0.0601. The molecule has 4 aromatic rings. The van der Waals surface area contributed by atoms with Crippen molar-refractivity contribution in [3.05, 3.63) is 144 Å². The minimum atomic E-state index is -2.34. The third-order valence-electron chi connectivity index (χ3n) is 6.65. The van der Waals surface area contributed by atoms with Crippen LogP contribution in [0.2, 0.25) is 5.02 Å². The number of esters is 3. The van der Waals surface area contributed by atoms with E-state index in [4.69, 9.17) is 42.8 Å². The van der Waals surface area contributed by atoms with E-state index in [0.29, 0.717) is 0 Å². The monoisotopic (exact) mass is 647 g/mol. The molecule has 1 aliphatic heterocycles. The first kappa shape index (κ1) is 31.2. The standard InChI is InChI=1S/C30H22ClN5O8S/c31-21-13-7-12-20(16-21)26(37)41-17-30(34-35-32)24(43-28(39)19-10-5-2-6-11-19)23(42-27(38)18-8-3-1-4-9-18)25(44-30)36-15-14-22(45)33-29(36)40/h1-16,23-25H,17H2,(H,33,40,45)/t23-,24?,25+,30+/m0/s1. The topological polar surface area (TPSA) is 175 Å². The van der Waals surface area contributed by atoms with Crippen molar-refractivity contribution in [1.29, 1.82) is 0 Å². The number of benzene rings is 3. The Morgan fingerprint density at radius 3 is 2.16 bits per heavy atom. The summed E-state index contributed by atoms with van der Waals surface area (Å²) < 4.78 is 24.3. The summed E-state index contributed by atoms with van der Waals surface area (Å²) in [4.78, 5) is 58.1. The molecule has 228 valence electrons. The zero-order valence-electron chi connectivity index (χ0n) is 23.0. The van der Waals surface area contributed by atoms with Crippen molar-refractivity contribution < 1.29 is 33.3 Å². The molecule has 13 nitrogen and oxygen atoms in total. The molecule has 0 aliphatic carbocycles. The zero-order chi connectivity index (χ0) is 32.0. The Hall–Kier alpha value is -5.27. The number of nitrogens with zero attached hydrogens (tertiary/aromatic N) is 4. The number of carbonyl (C=O) groups excluding carboxylic acids is 3. The SMILES string of the molecule is [N-]=[N+]=N[C@]1(COC(=O)c2cccc(Cl)c2)O[C@@H](n2ccc(=S)[nH]c2=O)[C@@H](OC(=O)c2ccccc2)C1OC(=O)c1ccccc1. The maximum absolute atomic E-state index is 13.4. The van der Waals surface area contributed by atoms with Crippen LogP contribution in [0.25, 0.3) is 10.4 Å². The number of rotatable bonds is 9. The summed E-state index contributed by atoms with van der Waals surface area (Å²) in [6.45, 7) is -0.831. The van der Waals surface area contributed by atoms with E-state index in [1.807, 2.05) is 0 Å². The van der Waals surface area contributed by atoms with E-state index >= 15 is 0 Å². The molecule has 0 amide bonds. The average molecular weight is 648 g/mol. The number of aromatic amines is 1. The quantitative estimate of drug-likeness (QED) is 0.0622. The van der Waals surface area contributed by atoms with Crippen molar-refractivity contribution in [3.8, 4) is 0 Å². The highest BCUT2D eigenvalue weighted by Crippen LogP contribution is 2.43. The predicted octanol–water partition coefficient (Wildman–Crippen LogP) is 5.40. The van der Waals surface area contributed by atoms with Gasteiger partial charge in [0.2, 0.25) is 5.72 Å². The van der Waals surface area contributed by atoms with Crippen LogP contribution in [0.5, 0.6) is 0 Å². The van der Waals surface area contributed by atoms with Gasteiger partial charge in [-0.05, 0) is 54.1 Å². The molecule has 2 heterocycles. The lowest BCUT2D eigenvalue weighted by Gasteiger charge is -2.29. The number of H-pyrrole nitrogens is 1. The average Bonchev–Trinajstić information content (AvgIpc) is 3.32. The van der Waals surface area contributed by atoms with E-state index in [2.05, 4.69) is 15.0 Å². The largest absolute Gasteiger partial charge is 0.459 e. The molecule has 0 radical (unpaired) electrons. The molecule has 5 rings (SSSR count). The number of ether oxygens (including phenoxy) is 4. The molecular formula is C30H22ClN5O8S. The van der Waals surface area contributed by atoms with Crippen LogP contribution in [-0.2, 0) is 18.9 Å². The van der Waals surface area contributed by atoms with Crippen LogP contribution in [0.4, 0.5) is 0 Å². The van der Waals surface area contributed by atoms with E-state index in [9.17, 15) is 24.7 Å². The Balaban J connectivity index is 1.61. The molecule has 1 N–H and O–H groups in total. The van der Waals surface area contributed by atoms with Gasteiger partial charge in [-0.3, -0.25) is 9.55 Å². The fourth-order valence-corrected chi connectivity index (χ4v) is 4.90. The summed E-state index contributed by atoms with van der Waals surface area (Å²) in [7, 11) is 0. The second-order valence-corrected chi connectivity index (χ2v) is 10.5. The lowest BCUT2D eigenvalue weighted by Crippen LogP contribution is -2.49. The Labute approximate surface area is 264 Å². The number of hydrogen-bond acceptors (Lipinski definition) is 10. The molecule has 1 saturated heterocycles.